The highest BCUT2D eigenvalue weighted by Crippen LogP contribution is 2.22. The molecule has 0 aliphatic carbocycles. The normalized spacial score (nSPS) is 12.2. The largest absolute Gasteiger partial charge is 0.335 e. The van der Waals surface area contributed by atoms with E-state index in [9.17, 15) is 4.79 Å². The molecule has 4 heteroatoms. The maximum atomic E-state index is 12.8. The molecule has 0 saturated carbocycles. The van der Waals surface area contributed by atoms with Gasteiger partial charge in [-0.3, -0.25) is 4.79 Å². The predicted octanol–water partition coefficient (Wildman–Crippen LogP) is 4.08. The number of carbonyl (C=O) groups is 1. The van der Waals surface area contributed by atoms with Gasteiger partial charge in [0.1, 0.15) is 0 Å². The van der Waals surface area contributed by atoms with Crippen LogP contribution in [0.3, 0.4) is 0 Å². The predicted molar refractivity (Wildman–Crippen MR) is 96.0 cm³/mol. The lowest BCUT2D eigenvalue weighted by Gasteiger charge is -2.25. The molecule has 0 unspecified atom stereocenters. The van der Waals surface area contributed by atoms with Crippen molar-refractivity contribution < 1.29 is 4.79 Å². The van der Waals surface area contributed by atoms with Crippen molar-refractivity contribution in [2.45, 2.75) is 26.8 Å². The molecule has 0 saturated heterocycles. The molecular formula is C20H21N3O. The Hall–Kier alpha value is -2.75. The molecule has 3 aromatic rings. The fourth-order valence-corrected chi connectivity index (χ4v) is 2.70. The standard InChI is InChI=1S/C20H21N3O/c1-13-14(2)22-19-12-17(10-11-18(19)21-13)20(24)23(4)15(3)16-8-6-5-7-9-16/h5-12,15H,1-4H3/t15-/m0/s1. The van der Waals surface area contributed by atoms with Gasteiger partial charge in [-0.1, -0.05) is 30.3 Å². The van der Waals surface area contributed by atoms with E-state index in [2.05, 4.69) is 9.97 Å². The summed E-state index contributed by atoms with van der Waals surface area (Å²) in [6.07, 6.45) is 0. The fourth-order valence-electron chi connectivity index (χ4n) is 2.70. The van der Waals surface area contributed by atoms with Crippen LogP contribution in [0.25, 0.3) is 11.0 Å². The van der Waals surface area contributed by atoms with E-state index in [0.717, 1.165) is 28.0 Å². The molecule has 0 aliphatic heterocycles. The van der Waals surface area contributed by atoms with Crippen molar-refractivity contribution in [2.75, 3.05) is 7.05 Å². The Morgan fingerprint density at radius 2 is 1.58 bits per heavy atom. The number of fused-ring (bicyclic) bond motifs is 1. The first-order chi connectivity index (χ1) is 11.5. The van der Waals surface area contributed by atoms with Gasteiger partial charge in [-0.25, -0.2) is 9.97 Å². The summed E-state index contributed by atoms with van der Waals surface area (Å²) in [7, 11) is 1.83. The number of aromatic nitrogens is 2. The topological polar surface area (TPSA) is 46.1 Å². The Morgan fingerprint density at radius 3 is 2.25 bits per heavy atom. The molecule has 24 heavy (non-hydrogen) atoms. The van der Waals surface area contributed by atoms with E-state index in [1.807, 2.05) is 76.3 Å². The first-order valence-corrected chi connectivity index (χ1v) is 8.04. The van der Waals surface area contributed by atoms with Crippen molar-refractivity contribution in [3.8, 4) is 0 Å². The Labute approximate surface area is 142 Å². The molecule has 0 spiro atoms. The number of hydrogen-bond acceptors (Lipinski definition) is 3. The molecule has 4 nitrogen and oxygen atoms in total. The van der Waals surface area contributed by atoms with Crippen LogP contribution in [0.5, 0.6) is 0 Å². The van der Waals surface area contributed by atoms with Gasteiger partial charge in [0, 0.05) is 12.6 Å². The number of hydrogen-bond donors (Lipinski definition) is 0. The maximum Gasteiger partial charge on any atom is 0.254 e. The molecule has 1 amide bonds. The summed E-state index contributed by atoms with van der Waals surface area (Å²) >= 11 is 0. The third-order valence-electron chi connectivity index (χ3n) is 4.51. The van der Waals surface area contributed by atoms with Crippen LogP contribution in [-0.2, 0) is 0 Å². The van der Waals surface area contributed by atoms with Gasteiger partial charge >= 0.3 is 0 Å². The maximum absolute atomic E-state index is 12.8. The molecule has 1 heterocycles. The number of carbonyl (C=O) groups excluding carboxylic acids is 1. The Kier molecular flexibility index (Phi) is 4.30. The first kappa shape index (κ1) is 16.1. The minimum Gasteiger partial charge on any atom is -0.335 e. The summed E-state index contributed by atoms with van der Waals surface area (Å²) in [5.74, 6) is -0.0201. The average molecular weight is 319 g/mol. The van der Waals surface area contributed by atoms with E-state index < -0.39 is 0 Å². The lowest BCUT2D eigenvalue weighted by molar-refractivity contribution is 0.0743. The number of benzene rings is 2. The third-order valence-corrected chi connectivity index (χ3v) is 4.51. The highest BCUT2D eigenvalue weighted by atomic mass is 16.2. The summed E-state index contributed by atoms with van der Waals surface area (Å²) in [4.78, 5) is 23.7. The number of amides is 1. The van der Waals surface area contributed by atoms with Gasteiger partial charge < -0.3 is 4.90 Å². The van der Waals surface area contributed by atoms with Crippen LogP contribution in [0.2, 0.25) is 0 Å². The van der Waals surface area contributed by atoms with Gasteiger partial charge in [0.05, 0.1) is 28.5 Å². The lowest BCUT2D eigenvalue weighted by atomic mass is 10.1. The Balaban J connectivity index is 1.91. The van der Waals surface area contributed by atoms with Crippen LogP contribution in [0, 0.1) is 13.8 Å². The van der Waals surface area contributed by atoms with E-state index in [-0.39, 0.29) is 11.9 Å². The van der Waals surface area contributed by atoms with Crippen molar-refractivity contribution in [2.24, 2.45) is 0 Å². The van der Waals surface area contributed by atoms with Crippen LogP contribution in [0.1, 0.15) is 40.3 Å². The Bertz CT molecular complexity index is 890. The van der Waals surface area contributed by atoms with E-state index >= 15 is 0 Å². The summed E-state index contributed by atoms with van der Waals surface area (Å²) in [5, 5.41) is 0. The van der Waals surface area contributed by atoms with Crippen molar-refractivity contribution in [3.63, 3.8) is 0 Å². The number of rotatable bonds is 3. The van der Waals surface area contributed by atoms with Crippen molar-refractivity contribution in [1.82, 2.24) is 14.9 Å². The van der Waals surface area contributed by atoms with Crippen molar-refractivity contribution >= 4 is 16.9 Å². The van der Waals surface area contributed by atoms with E-state index in [4.69, 9.17) is 0 Å². The molecule has 122 valence electrons. The third kappa shape index (κ3) is 3.00. The van der Waals surface area contributed by atoms with Crippen LogP contribution >= 0.6 is 0 Å². The van der Waals surface area contributed by atoms with E-state index in [1.54, 1.807) is 4.90 Å². The SMILES string of the molecule is Cc1nc2ccc(C(=O)N(C)[C@@H](C)c3ccccc3)cc2nc1C. The minimum atomic E-state index is -0.0201. The van der Waals surface area contributed by atoms with Gasteiger partial charge in [0.25, 0.3) is 5.91 Å². The van der Waals surface area contributed by atoms with Gasteiger partial charge in [-0.15, -0.1) is 0 Å². The van der Waals surface area contributed by atoms with Gasteiger partial charge in [0.15, 0.2) is 0 Å². The molecular weight excluding hydrogens is 298 g/mol. The monoisotopic (exact) mass is 319 g/mol. The van der Waals surface area contributed by atoms with Crippen LogP contribution < -0.4 is 0 Å². The fraction of sp³-hybridized carbons (Fsp3) is 0.250. The summed E-state index contributed by atoms with van der Waals surface area (Å²) in [6, 6.07) is 15.5. The molecule has 3 rings (SSSR count). The second kappa shape index (κ2) is 6.40. The molecule has 0 N–H and O–H groups in total. The molecule has 0 bridgehead atoms. The molecule has 1 atom stereocenters. The zero-order valence-corrected chi connectivity index (χ0v) is 14.4. The smallest absolute Gasteiger partial charge is 0.254 e. The average Bonchev–Trinajstić information content (AvgIpc) is 2.61. The summed E-state index contributed by atoms with van der Waals surface area (Å²) in [6.45, 7) is 5.90. The molecule has 2 aromatic carbocycles. The van der Waals surface area contributed by atoms with Crippen LogP contribution in [0.15, 0.2) is 48.5 Å². The second-order valence-corrected chi connectivity index (χ2v) is 6.10. The van der Waals surface area contributed by atoms with Crippen molar-refractivity contribution in [1.29, 1.82) is 0 Å². The second-order valence-electron chi connectivity index (χ2n) is 6.10. The minimum absolute atomic E-state index is 0.000218. The highest BCUT2D eigenvalue weighted by Gasteiger charge is 2.19. The molecule has 0 aliphatic rings. The molecule has 0 radical (unpaired) electrons. The van der Waals surface area contributed by atoms with Gasteiger partial charge in [-0.2, -0.15) is 0 Å². The quantitative estimate of drug-likeness (QED) is 0.731. The molecule has 0 fully saturated rings. The zero-order chi connectivity index (χ0) is 17.3. The van der Waals surface area contributed by atoms with Crippen LogP contribution in [-0.4, -0.2) is 27.8 Å². The summed E-state index contributed by atoms with van der Waals surface area (Å²) < 4.78 is 0. The summed E-state index contributed by atoms with van der Waals surface area (Å²) in [5.41, 5.74) is 5.11. The zero-order valence-electron chi connectivity index (χ0n) is 14.4. The first-order valence-electron chi connectivity index (χ1n) is 8.04. The Morgan fingerprint density at radius 1 is 0.958 bits per heavy atom. The molecule has 1 aromatic heterocycles. The van der Waals surface area contributed by atoms with Crippen molar-refractivity contribution in [3.05, 3.63) is 71.0 Å². The van der Waals surface area contributed by atoms with E-state index in [0.29, 0.717) is 5.56 Å². The number of nitrogens with zero attached hydrogens (tertiary/aromatic N) is 3. The number of aryl methyl sites for hydroxylation is 2. The highest BCUT2D eigenvalue weighted by molar-refractivity contribution is 5.97. The lowest BCUT2D eigenvalue weighted by Crippen LogP contribution is -2.29. The van der Waals surface area contributed by atoms with Gasteiger partial charge in [0.2, 0.25) is 0 Å². The van der Waals surface area contributed by atoms with Crippen LogP contribution in [0.4, 0.5) is 0 Å². The van der Waals surface area contributed by atoms with E-state index in [1.165, 1.54) is 0 Å². The van der Waals surface area contributed by atoms with Gasteiger partial charge in [-0.05, 0) is 44.5 Å².